The molecule has 1 aliphatic rings. The fraction of sp³-hybridized carbons (Fsp3) is 0.864. The third-order valence-electron chi connectivity index (χ3n) is 6.04. The van der Waals surface area contributed by atoms with Crippen molar-refractivity contribution in [2.24, 2.45) is 12.0 Å². The predicted octanol–water partition coefficient (Wildman–Crippen LogP) is 4.01. The van der Waals surface area contributed by atoms with Crippen LogP contribution in [-0.2, 0) is 13.6 Å². The van der Waals surface area contributed by atoms with Gasteiger partial charge in [0.2, 0.25) is 0 Å². The molecule has 0 bridgehead atoms. The maximum Gasteiger partial charge on any atom is 0.191 e. The minimum Gasteiger partial charge on any atom is -0.356 e. The predicted molar refractivity (Wildman–Crippen MR) is 137 cm³/mol. The molecule has 2 N–H and O–H groups in total. The number of guanidine groups is 1. The Morgan fingerprint density at radius 2 is 1.80 bits per heavy atom. The molecule has 0 aromatic carbocycles. The maximum atomic E-state index is 4.79. The molecule has 30 heavy (non-hydrogen) atoms. The molecule has 0 amide bonds. The Hall–Kier alpha value is -0.900. The number of nitrogens with zero attached hydrogens (tertiary/aromatic N) is 5. The Morgan fingerprint density at radius 3 is 2.47 bits per heavy atom. The summed E-state index contributed by atoms with van der Waals surface area (Å²) in [4.78, 5) is 7.35. The molecule has 0 spiro atoms. The number of likely N-dealkylation sites (N-methyl/N-ethyl adjacent to an activating group) is 1. The first-order valence-corrected chi connectivity index (χ1v) is 11.8. The molecule has 1 atom stereocenters. The van der Waals surface area contributed by atoms with Gasteiger partial charge in [-0.1, -0.05) is 52.4 Å². The highest BCUT2D eigenvalue weighted by Gasteiger charge is 2.22. The zero-order valence-corrected chi connectivity index (χ0v) is 22.0. The lowest BCUT2D eigenvalue weighted by molar-refractivity contribution is 0.267. The van der Waals surface area contributed by atoms with E-state index in [9.17, 15) is 0 Å². The summed E-state index contributed by atoms with van der Waals surface area (Å²) in [5.41, 5.74) is 0. The molecule has 1 saturated heterocycles. The van der Waals surface area contributed by atoms with Crippen molar-refractivity contribution < 1.29 is 0 Å². The number of aliphatic imine (C=N–C) groups is 1. The molecule has 8 heteroatoms. The van der Waals surface area contributed by atoms with Gasteiger partial charge in [0.1, 0.15) is 12.4 Å². The fourth-order valence-corrected chi connectivity index (χ4v) is 3.96. The standard InChI is InChI=1S/C22H43N7.HI/c1-5-7-8-9-10-11-12-15-23-22(24-17-20-14-13-16-29(20)6-2)25-18-21-27-26-19(3)28(21)4;/h20H,5-18H2,1-4H3,(H2,23,24,25);1H. The third-order valence-corrected chi connectivity index (χ3v) is 6.04. The van der Waals surface area contributed by atoms with Gasteiger partial charge in [-0.15, -0.1) is 34.2 Å². The van der Waals surface area contributed by atoms with E-state index in [-0.39, 0.29) is 24.0 Å². The van der Waals surface area contributed by atoms with Crippen LogP contribution >= 0.6 is 24.0 Å². The zero-order chi connectivity index (χ0) is 20.9. The monoisotopic (exact) mass is 533 g/mol. The summed E-state index contributed by atoms with van der Waals surface area (Å²) in [7, 11) is 2.00. The summed E-state index contributed by atoms with van der Waals surface area (Å²) in [6.07, 6.45) is 11.8. The second-order valence-electron chi connectivity index (χ2n) is 8.24. The van der Waals surface area contributed by atoms with Crippen LogP contribution in [0, 0.1) is 6.92 Å². The first-order valence-electron chi connectivity index (χ1n) is 11.8. The largest absolute Gasteiger partial charge is 0.356 e. The van der Waals surface area contributed by atoms with Crippen LogP contribution in [0.4, 0.5) is 0 Å². The van der Waals surface area contributed by atoms with Gasteiger partial charge >= 0.3 is 0 Å². The maximum absolute atomic E-state index is 4.79. The molecule has 1 aliphatic heterocycles. The number of nitrogens with one attached hydrogen (secondary N) is 2. The van der Waals surface area contributed by atoms with Crippen molar-refractivity contribution in [3.05, 3.63) is 11.6 Å². The smallest absolute Gasteiger partial charge is 0.191 e. The van der Waals surface area contributed by atoms with Gasteiger partial charge in [0.05, 0.1) is 0 Å². The number of unbranched alkanes of at least 4 members (excludes halogenated alkanes) is 6. The van der Waals surface area contributed by atoms with Gasteiger partial charge in [0, 0.05) is 26.2 Å². The van der Waals surface area contributed by atoms with E-state index in [0.717, 1.165) is 37.2 Å². The van der Waals surface area contributed by atoms with Crippen molar-refractivity contribution >= 4 is 29.9 Å². The van der Waals surface area contributed by atoms with Crippen molar-refractivity contribution in [2.45, 2.75) is 91.1 Å². The Labute approximate surface area is 200 Å². The van der Waals surface area contributed by atoms with Gasteiger partial charge in [-0.25, -0.2) is 4.99 Å². The Bertz CT molecular complexity index is 602. The molecule has 0 saturated carbocycles. The van der Waals surface area contributed by atoms with Crippen LogP contribution in [0.2, 0.25) is 0 Å². The Morgan fingerprint density at radius 1 is 1.07 bits per heavy atom. The molecule has 174 valence electrons. The van der Waals surface area contributed by atoms with Crippen LogP contribution in [-0.4, -0.2) is 57.8 Å². The molecule has 2 heterocycles. The van der Waals surface area contributed by atoms with E-state index in [2.05, 4.69) is 39.6 Å². The van der Waals surface area contributed by atoms with Gasteiger partial charge in [-0.2, -0.15) is 0 Å². The Balaban J connectivity index is 0.00000450. The number of halogens is 1. The number of aryl methyl sites for hydroxylation is 1. The third kappa shape index (κ3) is 9.49. The van der Waals surface area contributed by atoms with Gasteiger partial charge in [0.15, 0.2) is 11.8 Å². The average Bonchev–Trinajstić information content (AvgIpc) is 3.32. The highest BCUT2D eigenvalue weighted by molar-refractivity contribution is 14.0. The lowest BCUT2D eigenvalue weighted by Gasteiger charge is -2.24. The van der Waals surface area contributed by atoms with E-state index >= 15 is 0 Å². The average molecular weight is 534 g/mol. The minimum atomic E-state index is 0. The van der Waals surface area contributed by atoms with E-state index in [1.807, 2.05) is 18.5 Å². The fourth-order valence-electron chi connectivity index (χ4n) is 3.96. The molecular formula is C22H44IN7. The van der Waals surface area contributed by atoms with Crippen LogP contribution in [0.15, 0.2) is 4.99 Å². The highest BCUT2D eigenvalue weighted by atomic mass is 127. The summed E-state index contributed by atoms with van der Waals surface area (Å²) < 4.78 is 2.01. The van der Waals surface area contributed by atoms with Gasteiger partial charge in [-0.05, 0) is 39.3 Å². The lowest BCUT2D eigenvalue weighted by Crippen LogP contribution is -2.45. The quantitative estimate of drug-likeness (QED) is 0.174. The molecular weight excluding hydrogens is 489 g/mol. The second-order valence-corrected chi connectivity index (χ2v) is 8.24. The van der Waals surface area contributed by atoms with E-state index in [0.29, 0.717) is 12.6 Å². The van der Waals surface area contributed by atoms with Gasteiger partial charge < -0.3 is 15.2 Å². The van der Waals surface area contributed by atoms with Crippen LogP contribution in [0.3, 0.4) is 0 Å². The molecule has 7 nitrogen and oxygen atoms in total. The van der Waals surface area contributed by atoms with E-state index in [1.165, 1.54) is 64.3 Å². The normalized spacial score (nSPS) is 17.2. The van der Waals surface area contributed by atoms with Crippen LogP contribution in [0.5, 0.6) is 0 Å². The van der Waals surface area contributed by atoms with Crippen LogP contribution < -0.4 is 10.6 Å². The summed E-state index contributed by atoms with van der Waals surface area (Å²) in [5.74, 6) is 2.72. The molecule has 1 unspecified atom stereocenters. The zero-order valence-electron chi connectivity index (χ0n) is 19.6. The summed E-state index contributed by atoms with van der Waals surface area (Å²) in [5, 5.41) is 15.5. The molecule has 1 aromatic rings. The first-order chi connectivity index (χ1) is 14.2. The first kappa shape index (κ1) is 27.1. The lowest BCUT2D eigenvalue weighted by atomic mass is 10.1. The van der Waals surface area contributed by atoms with Gasteiger partial charge in [-0.3, -0.25) is 4.90 Å². The van der Waals surface area contributed by atoms with Crippen molar-refractivity contribution in [3.63, 3.8) is 0 Å². The molecule has 0 radical (unpaired) electrons. The highest BCUT2D eigenvalue weighted by Crippen LogP contribution is 2.15. The van der Waals surface area contributed by atoms with E-state index in [1.54, 1.807) is 0 Å². The van der Waals surface area contributed by atoms with Crippen LogP contribution in [0.1, 0.15) is 83.3 Å². The number of hydrogen-bond donors (Lipinski definition) is 2. The summed E-state index contributed by atoms with van der Waals surface area (Å²) in [6.45, 7) is 11.3. The van der Waals surface area contributed by atoms with Crippen molar-refractivity contribution in [3.8, 4) is 0 Å². The number of aromatic nitrogens is 3. The number of rotatable bonds is 13. The van der Waals surface area contributed by atoms with Crippen molar-refractivity contribution in [2.75, 3.05) is 26.2 Å². The van der Waals surface area contributed by atoms with Crippen molar-refractivity contribution in [1.29, 1.82) is 0 Å². The topological polar surface area (TPSA) is 70.4 Å². The summed E-state index contributed by atoms with van der Waals surface area (Å²) in [6, 6.07) is 0.614. The minimum absolute atomic E-state index is 0. The molecule has 1 fully saturated rings. The molecule has 0 aliphatic carbocycles. The number of likely N-dealkylation sites (tertiary alicyclic amines) is 1. The molecule has 2 rings (SSSR count). The summed E-state index contributed by atoms with van der Waals surface area (Å²) >= 11 is 0. The van der Waals surface area contributed by atoms with E-state index < -0.39 is 0 Å². The van der Waals surface area contributed by atoms with E-state index in [4.69, 9.17) is 4.99 Å². The van der Waals surface area contributed by atoms with Gasteiger partial charge in [0.25, 0.3) is 0 Å². The van der Waals surface area contributed by atoms with Crippen molar-refractivity contribution in [1.82, 2.24) is 30.3 Å². The Kier molecular flexibility index (Phi) is 14.3. The van der Waals surface area contributed by atoms with Crippen LogP contribution in [0.25, 0.3) is 0 Å². The second kappa shape index (κ2) is 15.8. The SMILES string of the molecule is CCCCCCCCCNC(=NCc1nnc(C)n1C)NCC1CCCN1CC.I. The molecule has 1 aromatic heterocycles. The number of hydrogen-bond acceptors (Lipinski definition) is 4.